The van der Waals surface area contributed by atoms with Crippen LogP contribution in [0.2, 0.25) is 0 Å². The van der Waals surface area contributed by atoms with Gasteiger partial charge in [-0.3, -0.25) is 4.79 Å². The molecule has 0 saturated carbocycles. The molecule has 0 aliphatic rings. The summed E-state index contributed by atoms with van der Waals surface area (Å²) in [6.07, 6.45) is 0. The molecule has 5 nitrogen and oxygen atoms in total. The zero-order chi connectivity index (χ0) is 16.6. The summed E-state index contributed by atoms with van der Waals surface area (Å²) in [5, 5.41) is 0. The number of aromatic amines is 1. The maximum absolute atomic E-state index is 12.3. The number of nitrogens with one attached hydrogen (secondary N) is 1. The van der Waals surface area contributed by atoms with Gasteiger partial charge in [-0.15, -0.1) is 0 Å². The number of nitrogens with zero attached hydrogens (tertiary/aromatic N) is 2. The number of thiazole rings is 1. The first kappa shape index (κ1) is 15.6. The average molecular weight is 345 g/mol. The summed E-state index contributed by atoms with van der Waals surface area (Å²) in [7, 11) is 1.81. The van der Waals surface area contributed by atoms with E-state index in [1.54, 1.807) is 4.57 Å². The molecule has 1 N–H and O–H groups in total. The van der Waals surface area contributed by atoms with E-state index < -0.39 is 0 Å². The van der Waals surface area contributed by atoms with Gasteiger partial charge in [-0.2, -0.15) is 0 Å². The highest BCUT2D eigenvalue weighted by Crippen LogP contribution is 2.23. The highest BCUT2D eigenvalue weighted by Gasteiger charge is 2.11. The smallest absolute Gasteiger partial charge is 0.270 e. The van der Waals surface area contributed by atoms with Gasteiger partial charge in [0.05, 0.1) is 0 Å². The first-order chi connectivity index (χ1) is 11.0. The number of H-pyrrole nitrogens is 1. The molecule has 0 aliphatic carbocycles. The van der Waals surface area contributed by atoms with Gasteiger partial charge in [0.15, 0.2) is 9.60 Å². The standard InChI is InChI=1S/C16H15N3O2S2/c1-9(2)8-21-11-6-4-5-10(7-11)13-17-14-12(15(20)18-13)23-16(22)19(14)3/h4-7H,1,8H2,2-3H3,(H,17,18,20). The fourth-order valence-corrected chi connectivity index (χ4v) is 3.24. The Morgan fingerprint density at radius 3 is 3.04 bits per heavy atom. The minimum absolute atomic E-state index is 0.185. The SMILES string of the molecule is C=C(C)COc1cccc(-c2nc3c(sc(=S)n3C)c(=O)[nH]2)c1. The Balaban J connectivity index is 2.08. The van der Waals surface area contributed by atoms with Crippen molar-refractivity contribution in [2.24, 2.45) is 7.05 Å². The lowest BCUT2D eigenvalue weighted by Gasteiger charge is -2.07. The van der Waals surface area contributed by atoms with Crippen molar-refractivity contribution in [2.45, 2.75) is 6.92 Å². The van der Waals surface area contributed by atoms with Crippen molar-refractivity contribution in [3.8, 4) is 17.1 Å². The predicted molar refractivity (Wildman–Crippen MR) is 95.8 cm³/mol. The first-order valence-electron chi connectivity index (χ1n) is 6.93. The van der Waals surface area contributed by atoms with Gasteiger partial charge in [-0.1, -0.05) is 30.0 Å². The molecule has 0 saturated heterocycles. The quantitative estimate of drug-likeness (QED) is 0.579. The molecule has 0 unspecified atom stereocenters. The fraction of sp³-hybridized carbons (Fsp3) is 0.188. The topological polar surface area (TPSA) is 59.9 Å². The van der Waals surface area contributed by atoms with Crippen LogP contribution in [-0.2, 0) is 7.05 Å². The van der Waals surface area contributed by atoms with Crippen LogP contribution in [0.1, 0.15) is 6.92 Å². The third-order valence-electron chi connectivity index (χ3n) is 3.23. The number of rotatable bonds is 4. The van der Waals surface area contributed by atoms with Gasteiger partial charge in [0.25, 0.3) is 5.56 Å². The Morgan fingerprint density at radius 1 is 1.52 bits per heavy atom. The van der Waals surface area contributed by atoms with Crippen molar-refractivity contribution in [3.05, 3.63) is 50.7 Å². The van der Waals surface area contributed by atoms with Gasteiger partial charge in [0, 0.05) is 12.6 Å². The van der Waals surface area contributed by atoms with Crippen LogP contribution >= 0.6 is 23.6 Å². The molecule has 0 spiro atoms. The van der Waals surface area contributed by atoms with E-state index >= 15 is 0 Å². The maximum atomic E-state index is 12.3. The number of aromatic nitrogens is 3. The van der Waals surface area contributed by atoms with Crippen LogP contribution in [0, 0.1) is 3.95 Å². The normalized spacial score (nSPS) is 10.9. The second kappa shape index (κ2) is 6.10. The lowest BCUT2D eigenvalue weighted by molar-refractivity contribution is 0.353. The Bertz CT molecular complexity index is 1010. The number of aryl methyl sites for hydroxylation is 1. The summed E-state index contributed by atoms with van der Waals surface area (Å²) in [6, 6.07) is 7.43. The van der Waals surface area contributed by atoms with Crippen LogP contribution in [-0.4, -0.2) is 21.1 Å². The molecular weight excluding hydrogens is 330 g/mol. The Morgan fingerprint density at radius 2 is 2.30 bits per heavy atom. The summed E-state index contributed by atoms with van der Waals surface area (Å²) < 4.78 is 8.54. The molecule has 2 aromatic heterocycles. The number of ether oxygens (including phenoxy) is 1. The number of hydrogen-bond donors (Lipinski definition) is 1. The van der Waals surface area contributed by atoms with Crippen LogP contribution in [0.3, 0.4) is 0 Å². The maximum Gasteiger partial charge on any atom is 0.270 e. The number of benzene rings is 1. The summed E-state index contributed by atoms with van der Waals surface area (Å²) in [6.45, 7) is 6.16. The molecule has 0 fully saturated rings. The Kier molecular flexibility index (Phi) is 4.14. The number of fused-ring (bicyclic) bond motifs is 1. The van der Waals surface area contributed by atoms with Crippen molar-refractivity contribution in [1.29, 1.82) is 0 Å². The number of hydrogen-bond acceptors (Lipinski definition) is 5. The largest absolute Gasteiger partial charge is 0.489 e. The van der Waals surface area contributed by atoms with E-state index in [2.05, 4.69) is 16.5 Å². The molecule has 0 aliphatic heterocycles. The zero-order valence-corrected chi connectivity index (χ0v) is 14.4. The van der Waals surface area contributed by atoms with Gasteiger partial charge in [-0.05, 0) is 36.8 Å². The third kappa shape index (κ3) is 3.11. The van der Waals surface area contributed by atoms with E-state index in [1.165, 1.54) is 11.3 Å². The Labute approximate surface area is 141 Å². The molecule has 0 amide bonds. The van der Waals surface area contributed by atoms with Crippen molar-refractivity contribution < 1.29 is 4.74 Å². The fourth-order valence-electron chi connectivity index (χ4n) is 2.09. The Hall–Kier alpha value is -2.25. The van der Waals surface area contributed by atoms with Gasteiger partial charge in [0.2, 0.25) is 0 Å². The average Bonchev–Trinajstić information content (AvgIpc) is 2.82. The zero-order valence-electron chi connectivity index (χ0n) is 12.8. The minimum atomic E-state index is -0.185. The van der Waals surface area contributed by atoms with Crippen LogP contribution < -0.4 is 10.3 Å². The summed E-state index contributed by atoms with van der Waals surface area (Å²) >= 11 is 6.47. The van der Waals surface area contributed by atoms with E-state index in [-0.39, 0.29) is 5.56 Å². The van der Waals surface area contributed by atoms with Gasteiger partial charge < -0.3 is 14.3 Å². The van der Waals surface area contributed by atoms with Crippen molar-refractivity contribution in [3.63, 3.8) is 0 Å². The van der Waals surface area contributed by atoms with Crippen molar-refractivity contribution in [2.75, 3.05) is 6.61 Å². The predicted octanol–water partition coefficient (Wildman–Crippen LogP) is 3.67. The van der Waals surface area contributed by atoms with E-state index in [4.69, 9.17) is 17.0 Å². The molecule has 3 aromatic rings. The first-order valence-corrected chi connectivity index (χ1v) is 8.15. The van der Waals surface area contributed by atoms with Crippen LogP contribution in [0.4, 0.5) is 0 Å². The lowest BCUT2D eigenvalue weighted by Crippen LogP contribution is -2.09. The van der Waals surface area contributed by atoms with Crippen molar-refractivity contribution >= 4 is 33.9 Å². The van der Waals surface area contributed by atoms with Crippen molar-refractivity contribution in [1.82, 2.24) is 14.5 Å². The molecule has 0 bridgehead atoms. The molecule has 0 radical (unpaired) electrons. The van der Waals surface area contributed by atoms with Crippen LogP contribution in [0.5, 0.6) is 5.75 Å². The van der Waals surface area contributed by atoms with Crippen LogP contribution in [0.15, 0.2) is 41.2 Å². The lowest BCUT2D eigenvalue weighted by atomic mass is 10.2. The summed E-state index contributed by atoms with van der Waals surface area (Å²) in [5.41, 5.74) is 2.12. The molecule has 118 valence electrons. The van der Waals surface area contributed by atoms with E-state index in [0.717, 1.165) is 11.1 Å². The third-order valence-corrected chi connectivity index (χ3v) is 4.78. The second-order valence-corrected chi connectivity index (χ2v) is 6.91. The monoisotopic (exact) mass is 345 g/mol. The molecule has 0 atom stereocenters. The van der Waals surface area contributed by atoms with E-state index in [9.17, 15) is 4.79 Å². The molecule has 1 aromatic carbocycles. The highest BCUT2D eigenvalue weighted by molar-refractivity contribution is 7.73. The van der Waals surface area contributed by atoms with Gasteiger partial charge >= 0.3 is 0 Å². The van der Waals surface area contributed by atoms with E-state index in [1.807, 2.05) is 38.2 Å². The minimum Gasteiger partial charge on any atom is -0.489 e. The van der Waals surface area contributed by atoms with Gasteiger partial charge in [-0.25, -0.2) is 4.98 Å². The molecule has 2 heterocycles. The summed E-state index contributed by atoms with van der Waals surface area (Å²) in [5.74, 6) is 1.19. The molecule has 23 heavy (non-hydrogen) atoms. The second-order valence-electron chi connectivity index (χ2n) is 5.27. The van der Waals surface area contributed by atoms with E-state index in [0.29, 0.717) is 32.5 Å². The van der Waals surface area contributed by atoms with Crippen LogP contribution in [0.25, 0.3) is 21.7 Å². The molecule has 7 heteroatoms. The van der Waals surface area contributed by atoms with Gasteiger partial charge in [0.1, 0.15) is 22.9 Å². The summed E-state index contributed by atoms with van der Waals surface area (Å²) in [4.78, 5) is 19.6. The molecule has 3 rings (SSSR count). The molecular formula is C16H15N3O2S2. The highest BCUT2D eigenvalue weighted by atomic mass is 32.1.